The Balaban J connectivity index is 0.00000183. The Labute approximate surface area is 319 Å². The van der Waals surface area contributed by atoms with Crippen molar-refractivity contribution in [2.45, 2.75) is 51.0 Å². The number of aromatic nitrogens is 3. The van der Waals surface area contributed by atoms with Gasteiger partial charge in [0.25, 0.3) is 0 Å². The van der Waals surface area contributed by atoms with Crippen molar-refractivity contribution in [3.63, 3.8) is 0 Å². The van der Waals surface area contributed by atoms with Crippen LogP contribution in [0.15, 0.2) is 79.1 Å². The van der Waals surface area contributed by atoms with E-state index in [0.29, 0.717) is 43.4 Å². The maximum absolute atomic E-state index is 12.2. The maximum Gasteiger partial charge on any atom is 0.328 e. The lowest BCUT2D eigenvalue weighted by molar-refractivity contribution is -0.120. The van der Waals surface area contributed by atoms with E-state index in [1.807, 2.05) is 24.5 Å². The van der Waals surface area contributed by atoms with Gasteiger partial charge < -0.3 is 25.2 Å². The third-order valence-corrected chi connectivity index (χ3v) is 11.6. The zero-order valence-electron chi connectivity index (χ0n) is 30.6. The molecule has 12 heteroatoms. The zero-order chi connectivity index (χ0) is 36.6. The number of amides is 3. The first-order chi connectivity index (χ1) is 26.4. The molecule has 3 aromatic carbocycles. The van der Waals surface area contributed by atoms with Crippen LogP contribution in [0.2, 0.25) is 0 Å². The second-order valence-electron chi connectivity index (χ2n) is 14.8. The van der Waals surface area contributed by atoms with Gasteiger partial charge in [0.2, 0.25) is 17.7 Å². The average Bonchev–Trinajstić information content (AvgIpc) is 3.21. The molecule has 5 aromatic rings. The van der Waals surface area contributed by atoms with Gasteiger partial charge in [-0.1, -0.05) is 24.3 Å². The van der Waals surface area contributed by atoms with Gasteiger partial charge in [0.1, 0.15) is 12.3 Å². The second-order valence-corrected chi connectivity index (χ2v) is 14.8. The number of benzene rings is 3. The SMILES string of the molecule is Cc1c(-c2ccc3cnc(Nc4ccc(N5CCC(N6CCC(c7ccc(N8CCC(=O)NC8=O)cc7)CC6)CC5)cc4)nc3c2)cnc2c1NCCO2.[HH].[HH].[HH]. The highest BCUT2D eigenvalue weighted by molar-refractivity contribution is 6.05. The van der Waals surface area contributed by atoms with E-state index in [1.165, 1.54) is 11.3 Å². The lowest BCUT2D eigenvalue weighted by Gasteiger charge is -2.42. The Morgan fingerprint density at radius 3 is 2.41 bits per heavy atom. The fourth-order valence-electron chi connectivity index (χ4n) is 8.47. The van der Waals surface area contributed by atoms with E-state index in [4.69, 9.17) is 9.72 Å². The number of ether oxygens (including phenoxy) is 1. The topological polar surface area (TPSA) is 128 Å². The summed E-state index contributed by atoms with van der Waals surface area (Å²) >= 11 is 0. The summed E-state index contributed by atoms with van der Waals surface area (Å²) in [5.41, 5.74) is 9.43. The number of hydrogen-bond donors (Lipinski definition) is 3. The van der Waals surface area contributed by atoms with Crippen molar-refractivity contribution in [3.8, 4) is 17.0 Å². The Bertz CT molecular complexity index is 2190. The quantitative estimate of drug-likeness (QED) is 0.154. The molecule has 4 aliphatic heterocycles. The van der Waals surface area contributed by atoms with Gasteiger partial charge in [-0.3, -0.25) is 15.0 Å². The largest absolute Gasteiger partial charge is 0.474 e. The summed E-state index contributed by atoms with van der Waals surface area (Å²) in [6.07, 6.45) is 8.71. The number of imide groups is 1. The van der Waals surface area contributed by atoms with E-state index in [0.717, 1.165) is 103 Å². The molecule has 9 rings (SSSR count). The summed E-state index contributed by atoms with van der Waals surface area (Å²) in [6, 6.07) is 23.5. The molecule has 3 saturated heterocycles. The third kappa shape index (κ3) is 6.89. The first-order valence-electron chi connectivity index (χ1n) is 19.2. The van der Waals surface area contributed by atoms with Gasteiger partial charge in [-0.15, -0.1) is 0 Å². The molecule has 0 bridgehead atoms. The Morgan fingerprint density at radius 2 is 1.63 bits per heavy atom. The summed E-state index contributed by atoms with van der Waals surface area (Å²) in [5.74, 6) is 1.55. The van der Waals surface area contributed by atoms with Crippen molar-refractivity contribution in [1.29, 1.82) is 0 Å². The molecular formula is C42H51N9O3. The van der Waals surface area contributed by atoms with Crippen molar-refractivity contribution >= 4 is 51.5 Å². The first kappa shape index (κ1) is 34.0. The second kappa shape index (κ2) is 14.6. The van der Waals surface area contributed by atoms with Crippen LogP contribution in [-0.2, 0) is 4.79 Å². The first-order valence-corrected chi connectivity index (χ1v) is 19.2. The minimum absolute atomic E-state index is 0. The number of rotatable bonds is 7. The number of carbonyl (C=O) groups is 2. The van der Waals surface area contributed by atoms with Crippen molar-refractivity contribution in [3.05, 3.63) is 90.3 Å². The van der Waals surface area contributed by atoms with Crippen LogP contribution in [-0.4, -0.2) is 83.7 Å². The molecule has 0 aliphatic carbocycles. The number of nitrogens with one attached hydrogen (secondary N) is 3. The molecule has 0 spiro atoms. The number of likely N-dealkylation sites (tertiary alicyclic amines) is 1. The van der Waals surface area contributed by atoms with E-state index in [2.05, 4.69) is 97.2 Å². The minimum Gasteiger partial charge on any atom is -0.474 e. The number of urea groups is 1. The van der Waals surface area contributed by atoms with E-state index < -0.39 is 0 Å². The minimum atomic E-state index is -0.334. The van der Waals surface area contributed by atoms with Crippen LogP contribution < -0.4 is 30.5 Å². The molecule has 3 fully saturated rings. The molecule has 54 heavy (non-hydrogen) atoms. The van der Waals surface area contributed by atoms with Crippen LogP contribution >= 0.6 is 0 Å². The van der Waals surface area contributed by atoms with Gasteiger partial charge in [-0.2, -0.15) is 0 Å². The van der Waals surface area contributed by atoms with Crippen LogP contribution in [0.25, 0.3) is 22.0 Å². The number of piperidine rings is 2. The number of nitrogens with zero attached hydrogens (tertiary/aromatic N) is 6. The van der Waals surface area contributed by atoms with Crippen molar-refractivity contribution < 1.29 is 18.6 Å². The molecule has 3 amide bonds. The number of carbonyl (C=O) groups excluding carboxylic acids is 2. The molecule has 282 valence electrons. The molecule has 3 N–H and O–H groups in total. The monoisotopic (exact) mass is 729 g/mol. The van der Waals surface area contributed by atoms with E-state index in [1.54, 1.807) is 4.90 Å². The fraction of sp³-hybridized carbons (Fsp3) is 0.357. The van der Waals surface area contributed by atoms with Gasteiger partial charge in [-0.25, -0.2) is 19.7 Å². The lowest BCUT2D eigenvalue weighted by Crippen LogP contribution is -2.49. The molecule has 4 aliphatic rings. The number of hydrogen-bond acceptors (Lipinski definition) is 10. The predicted molar refractivity (Wildman–Crippen MR) is 218 cm³/mol. The van der Waals surface area contributed by atoms with Crippen molar-refractivity contribution in [2.24, 2.45) is 0 Å². The average molecular weight is 730 g/mol. The smallest absolute Gasteiger partial charge is 0.328 e. The zero-order valence-corrected chi connectivity index (χ0v) is 30.6. The maximum atomic E-state index is 12.2. The molecule has 0 radical (unpaired) electrons. The predicted octanol–water partition coefficient (Wildman–Crippen LogP) is 7.58. The van der Waals surface area contributed by atoms with Crippen LogP contribution in [0, 0.1) is 6.92 Å². The van der Waals surface area contributed by atoms with Crippen molar-refractivity contribution in [1.82, 2.24) is 25.2 Å². The molecule has 0 saturated carbocycles. The Hall–Kier alpha value is -5.75. The van der Waals surface area contributed by atoms with E-state index >= 15 is 0 Å². The summed E-state index contributed by atoms with van der Waals surface area (Å²) < 4.78 is 5.72. The number of fused-ring (bicyclic) bond motifs is 2. The van der Waals surface area contributed by atoms with Gasteiger partial charge in [0, 0.05) is 83.3 Å². The standard InChI is InChI=1S/C42H45N9O3.3H2/c1-27-36(26-44-40-39(27)43-17-23-54-40)30-2-3-31-25-45-41(47-37(31)24-30)46-32-6-10-33(11-7-32)50-20-14-34(15-21-50)49-18-12-29(13-19-49)28-4-8-35(9-5-28)51-22-16-38(52)48-42(51)53;;;/h2-11,24-26,29,34,43H,12-23H2,1H3,(H,45,46,47)(H,48,52,53);3*1H. The van der Waals surface area contributed by atoms with Gasteiger partial charge in [0.15, 0.2) is 0 Å². The van der Waals surface area contributed by atoms with E-state index in [-0.39, 0.29) is 16.2 Å². The van der Waals surface area contributed by atoms with E-state index in [9.17, 15) is 9.59 Å². The van der Waals surface area contributed by atoms with Gasteiger partial charge >= 0.3 is 6.03 Å². The van der Waals surface area contributed by atoms with Crippen molar-refractivity contribution in [2.75, 3.05) is 66.3 Å². The third-order valence-electron chi connectivity index (χ3n) is 11.6. The summed E-state index contributed by atoms with van der Waals surface area (Å²) in [4.78, 5) is 44.6. The van der Waals surface area contributed by atoms with Crippen LogP contribution in [0.1, 0.15) is 53.4 Å². The molecular weight excluding hydrogens is 679 g/mol. The highest BCUT2D eigenvalue weighted by atomic mass is 16.5. The van der Waals surface area contributed by atoms with Gasteiger partial charge in [-0.05, 0) is 111 Å². The van der Waals surface area contributed by atoms with Crippen LogP contribution in [0.4, 0.5) is 33.5 Å². The molecule has 6 heterocycles. The molecule has 0 atom stereocenters. The molecule has 2 aromatic heterocycles. The van der Waals surface area contributed by atoms with Crippen LogP contribution in [0.3, 0.4) is 0 Å². The van der Waals surface area contributed by atoms with Crippen LogP contribution in [0.5, 0.6) is 5.88 Å². The fourth-order valence-corrected chi connectivity index (χ4v) is 8.47. The summed E-state index contributed by atoms with van der Waals surface area (Å²) in [5, 5.41) is 10.2. The highest BCUT2D eigenvalue weighted by Crippen LogP contribution is 2.37. The number of anilines is 5. The lowest BCUT2D eigenvalue weighted by atomic mass is 9.88. The number of pyridine rings is 1. The normalized spacial score (nSPS) is 18.5. The Kier molecular flexibility index (Phi) is 9.19. The van der Waals surface area contributed by atoms with Gasteiger partial charge in [0.05, 0.1) is 5.52 Å². The Morgan fingerprint density at radius 1 is 0.852 bits per heavy atom. The molecule has 0 unspecified atom stereocenters. The molecule has 12 nitrogen and oxygen atoms in total. The highest BCUT2D eigenvalue weighted by Gasteiger charge is 2.30. The summed E-state index contributed by atoms with van der Waals surface area (Å²) in [7, 11) is 0. The summed E-state index contributed by atoms with van der Waals surface area (Å²) in [6.45, 7) is 8.25.